The van der Waals surface area contributed by atoms with Gasteiger partial charge >= 0.3 is 0 Å². The summed E-state index contributed by atoms with van der Waals surface area (Å²) < 4.78 is 7.36. The summed E-state index contributed by atoms with van der Waals surface area (Å²) in [6.45, 7) is 1.02. The Kier molecular flexibility index (Phi) is 6.16. The van der Waals surface area contributed by atoms with Crippen molar-refractivity contribution in [2.75, 3.05) is 30.8 Å². The van der Waals surface area contributed by atoms with Crippen LogP contribution in [0.1, 0.15) is 0 Å². The van der Waals surface area contributed by atoms with Gasteiger partial charge in [0, 0.05) is 37.1 Å². The van der Waals surface area contributed by atoms with Gasteiger partial charge < -0.3 is 19.9 Å². The van der Waals surface area contributed by atoms with E-state index in [1.54, 1.807) is 31.9 Å². The van der Waals surface area contributed by atoms with Crippen LogP contribution in [0.3, 0.4) is 0 Å². The minimum atomic E-state index is -0.484. The van der Waals surface area contributed by atoms with E-state index in [1.807, 2.05) is 35.0 Å². The summed E-state index contributed by atoms with van der Waals surface area (Å²) in [4.78, 5) is 27.5. The number of nitro groups is 1. The molecule has 0 radical (unpaired) electrons. The molecule has 4 aromatic rings. The molecule has 2 N–H and O–H groups in total. The zero-order valence-corrected chi connectivity index (χ0v) is 17.2. The second-order valence-corrected chi connectivity index (χ2v) is 6.61. The summed E-state index contributed by atoms with van der Waals surface area (Å²) in [5.74, 6) is 1.70. The van der Waals surface area contributed by atoms with Crippen molar-refractivity contribution < 1.29 is 9.66 Å². The van der Waals surface area contributed by atoms with E-state index < -0.39 is 4.92 Å². The molecule has 11 heteroatoms. The third-order valence-corrected chi connectivity index (χ3v) is 4.59. The number of methoxy groups -OCH3 is 1. The van der Waals surface area contributed by atoms with Crippen molar-refractivity contribution in [1.82, 2.24) is 24.5 Å². The fourth-order valence-corrected chi connectivity index (χ4v) is 3.05. The van der Waals surface area contributed by atoms with Crippen LogP contribution in [0.4, 0.5) is 17.5 Å². The highest BCUT2D eigenvalue weighted by molar-refractivity contribution is 5.75. The maximum atomic E-state index is 10.7. The van der Waals surface area contributed by atoms with Crippen LogP contribution in [-0.2, 0) is 0 Å². The SMILES string of the molecule is COc1ccccc1-c1nc(NCCNc2ccc([N+](=O)[O-])cn2)ncc1-n1ccnc1. The molecule has 4 rings (SSSR count). The van der Waals surface area contributed by atoms with E-state index in [2.05, 4.69) is 25.6 Å². The van der Waals surface area contributed by atoms with E-state index in [0.717, 1.165) is 11.3 Å². The maximum absolute atomic E-state index is 10.7. The van der Waals surface area contributed by atoms with Gasteiger partial charge in [-0.05, 0) is 18.2 Å². The Balaban J connectivity index is 1.49. The molecule has 3 aromatic heterocycles. The number of pyridine rings is 1. The molecule has 3 heterocycles. The molecular formula is C21H20N8O3. The molecule has 0 bridgehead atoms. The number of hydrogen-bond acceptors (Lipinski definition) is 9. The Morgan fingerprint density at radius 2 is 1.94 bits per heavy atom. The first-order valence-corrected chi connectivity index (χ1v) is 9.72. The molecule has 162 valence electrons. The van der Waals surface area contributed by atoms with E-state index in [9.17, 15) is 10.1 Å². The van der Waals surface area contributed by atoms with E-state index in [-0.39, 0.29) is 5.69 Å². The van der Waals surface area contributed by atoms with Gasteiger partial charge in [0.15, 0.2) is 0 Å². The first kappa shape index (κ1) is 20.7. The summed E-state index contributed by atoms with van der Waals surface area (Å²) in [6, 6.07) is 10.6. The van der Waals surface area contributed by atoms with Crippen molar-refractivity contribution in [2.24, 2.45) is 0 Å². The lowest BCUT2D eigenvalue weighted by molar-refractivity contribution is -0.385. The van der Waals surface area contributed by atoms with E-state index in [0.29, 0.717) is 36.3 Å². The van der Waals surface area contributed by atoms with Gasteiger partial charge in [0.2, 0.25) is 5.95 Å². The summed E-state index contributed by atoms with van der Waals surface area (Å²) in [6.07, 6.45) is 8.14. The Labute approximate surface area is 183 Å². The quantitative estimate of drug-likeness (QED) is 0.232. The minimum absolute atomic E-state index is 0.0519. The Hall–Kier alpha value is -4.54. The lowest BCUT2D eigenvalue weighted by atomic mass is 10.1. The van der Waals surface area contributed by atoms with Crippen molar-refractivity contribution in [3.8, 4) is 22.7 Å². The second kappa shape index (κ2) is 9.51. The number of anilines is 2. The van der Waals surface area contributed by atoms with Crippen LogP contribution in [-0.4, -0.2) is 49.6 Å². The molecular weight excluding hydrogens is 412 g/mol. The molecule has 0 atom stereocenters. The first-order valence-electron chi connectivity index (χ1n) is 9.72. The molecule has 11 nitrogen and oxygen atoms in total. The number of imidazole rings is 1. The summed E-state index contributed by atoms with van der Waals surface area (Å²) in [7, 11) is 1.62. The van der Waals surface area contributed by atoms with Crippen molar-refractivity contribution in [3.05, 3.63) is 77.6 Å². The van der Waals surface area contributed by atoms with Gasteiger partial charge in [-0.25, -0.2) is 19.9 Å². The molecule has 0 saturated heterocycles. The number of nitrogens with one attached hydrogen (secondary N) is 2. The fourth-order valence-electron chi connectivity index (χ4n) is 3.05. The highest BCUT2D eigenvalue weighted by Crippen LogP contribution is 2.32. The van der Waals surface area contributed by atoms with E-state index in [4.69, 9.17) is 9.72 Å². The van der Waals surface area contributed by atoms with Gasteiger partial charge in [-0.1, -0.05) is 12.1 Å². The van der Waals surface area contributed by atoms with Crippen LogP contribution in [0.15, 0.2) is 67.5 Å². The lowest BCUT2D eigenvalue weighted by Gasteiger charge is -2.14. The Morgan fingerprint density at radius 1 is 1.09 bits per heavy atom. The molecule has 0 spiro atoms. The number of aromatic nitrogens is 5. The normalized spacial score (nSPS) is 10.5. The van der Waals surface area contributed by atoms with Crippen LogP contribution >= 0.6 is 0 Å². The lowest BCUT2D eigenvalue weighted by Crippen LogP contribution is -2.16. The van der Waals surface area contributed by atoms with E-state index in [1.165, 1.54) is 12.3 Å². The highest BCUT2D eigenvalue weighted by atomic mass is 16.6. The van der Waals surface area contributed by atoms with Crippen molar-refractivity contribution in [3.63, 3.8) is 0 Å². The topological polar surface area (TPSA) is 133 Å². The molecule has 0 aliphatic carbocycles. The number of nitrogens with zero attached hydrogens (tertiary/aromatic N) is 6. The molecule has 0 aliphatic rings. The first-order chi connectivity index (χ1) is 15.7. The van der Waals surface area contributed by atoms with Gasteiger partial charge in [0.25, 0.3) is 5.69 Å². The standard InChI is InChI=1S/C21H20N8O3/c1-32-18-5-3-2-4-16(18)20-17(28-11-10-22-14-28)13-26-21(27-20)24-9-8-23-19-7-6-15(12-25-19)29(30)31/h2-7,10-14H,8-9H2,1H3,(H,23,25)(H,24,26,27). The summed E-state index contributed by atoms with van der Waals surface area (Å²) >= 11 is 0. The van der Waals surface area contributed by atoms with Crippen LogP contribution in [0.5, 0.6) is 5.75 Å². The van der Waals surface area contributed by atoms with Gasteiger partial charge in [-0.3, -0.25) is 10.1 Å². The number of rotatable bonds is 9. The average molecular weight is 432 g/mol. The third kappa shape index (κ3) is 4.61. The van der Waals surface area contributed by atoms with Crippen molar-refractivity contribution >= 4 is 17.5 Å². The molecule has 0 aliphatic heterocycles. The van der Waals surface area contributed by atoms with E-state index >= 15 is 0 Å². The number of para-hydroxylation sites is 1. The van der Waals surface area contributed by atoms with Gasteiger partial charge in [-0.2, -0.15) is 0 Å². The molecule has 0 saturated carbocycles. The van der Waals surface area contributed by atoms with Crippen LogP contribution < -0.4 is 15.4 Å². The number of hydrogen-bond donors (Lipinski definition) is 2. The zero-order chi connectivity index (χ0) is 22.3. The van der Waals surface area contributed by atoms with Crippen LogP contribution in [0.2, 0.25) is 0 Å². The number of ether oxygens (including phenoxy) is 1. The molecule has 32 heavy (non-hydrogen) atoms. The minimum Gasteiger partial charge on any atom is -0.496 e. The van der Waals surface area contributed by atoms with Crippen molar-refractivity contribution in [1.29, 1.82) is 0 Å². The zero-order valence-electron chi connectivity index (χ0n) is 17.2. The molecule has 0 unspecified atom stereocenters. The molecule has 0 fully saturated rings. The maximum Gasteiger partial charge on any atom is 0.287 e. The smallest absolute Gasteiger partial charge is 0.287 e. The van der Waals surface area contributed by atoms with Gasteiger partial charge in [-0.15, -0.1) is 0 Å². The summed E-state index contributed by atoms with van der Waals surface area (Å²) in [5, 5.41) is 17.0. The predicted octanol–water partition coefficient (Wildman–Crippen LogP) is 3.17. The van der Waals surface area contributed by atoms with Crippen molar-refractivity contribution in [2.45, 2.75) is 0 Å². The Morgan fingerprint density at radius 3 is 2.66 bits per heavy atom. The average Bonchev–Trinajstić information content (AvgIpc) is 3.37. The van der Waals surface area contributed by atoms with Crippen LogP contribution in [0.25, 0.3) is 16.9 Å². The second-order valence-electron chi connectivity index (χ2n) is 6.61. The predicted molar refractivity (Wildman–Crippen MR) is 119 cm³/mol. The molecule has 0 amide bonds. The fraction of sp³-hybridized carbons (Fsp3) is 0.143. The highest BCUT2D eigenvalue weighted by Gasteiger charge is 2.15. The third-order valence-electron chi connectivity index (χ3n) is 4.59. The van der Waals surface area contributed by atoms with Gasteiger partial charge in [0.05, 0.1) is 30.2 Å². The Bertz CT molecular complexity index is 1200. The van der Waals surface area contributed by atoms with Gasteiger partial charge in [0.1, 0.15) is 23.5 Å². The number of benzene rings is 1. The monoisotopic (exact) mass is 432 g/mol. The van der Waals surface area contributed by atoms with Crippen LogP contribution in [0, 0.1) is 10.1 Å². The largest absolute Gasteiger partial charge is 0.496 e. The molecule has 1 aromatic carbocycles. The summed E-state index contributed by atoms with van der Waals surface area (Å²) in [5.41, 5.74) is 2.25.